The lowest BCUT2D eigenvalue weighted by atomic mass is 10.2. The standard InChI is InChI=1S/C7H8.4CHF3O3S/c1-7-5-3-2-4-6-7;4*2-1(3,4)8(5,6)7/h2-6H,1H3;4*(H,5,6,7). The van der Waals surface area contributed by atoms with E-state index in [2.05, 4.69) is 19.1 Å². The molecule has 1 aromatic rings. The molecule has 0 saturated carbocycles. The summed E-state index contributed by atoms with van der Waals surface area (Å²) in [7, 11) is -23.4. The Balaban J connectivity index is -0.000000196. The number of hydrogen-bond donors (Lipinski definition) is 4. The minimum Gasteiger partial charge on any atom is -0.279 e. The van der Waals surface area contributed by atoms with E-state index in [1.165, 1.54) is 5.56 Å². The first-order valence-corrected chi connectivity index (χ1v) is 13.3. The Bertz CT molecular complexity index is 1110. The highest BCUT2D eigenvalue weighted by Gasteiger charge is 2.46. The third-order valence-electron chi connectivity index (χ3n) is 2.11. The molecule has 236 valence electrons. The lowest BCUT2D eigenvalue weighted by Crippen LogP contribution is -2.21. The molecule has 0 unspecified atom stereocenters. The third-order valence-corrected chi connectivity index (χ3v) is 4.45. The summed E-state index contributed by atoms with van der Waals surface area (Å²) in [4.78, 5) is 0. The SMILES string of the molecule is Cc1ccccc1.O=S(=O)(O)C(F)(F)F.O=S(=O)(O)C(F)(F)F.O=S(=O)(O)C(F)(F)F.O=S(=O)(O)C(F)(F)F. The largest absolute Gasteiger partial charge is 0.522 e. The van der Waals surface area contributed by atoms with Crippen LogP contribution in [0.15, 0.2) is 30.3 Å². The molecule has 0 saturated heterocycles. The highest BCUT2D eigenvalue weighted by molar-refractivity contribution is 7.87. The van der Waals surface area contributed by atoms with E-state index in [-0.39, 0.29) is 0 Å². The average molecular weight is 692 g/mol. The summed E-state index contributed by atoms with van der Waals surface area (Å²) in [5.74, 6) is 0. The fourth-order valence-electron chi connectivity index (χ4n) is 0.534. The van der Waals surface area contributed by atoms with Crippen LogP contribution in [0.2, 0.25) is 0 Å². The van der Waals surface area contributed by atoms with E-state index in [4.69, 9.17) is 51.9 Å². The van der Waals surface area contributed by atoms with Gasteiger partial charge in [-0.1, -0.05) is 35.9 Å². The van der Waals surface area contributed by atoms with Crippen molar-refractivity contribution >= 4 is 40.5 Å². The van der Waals surface area contributed by atoms with Crippen LogP contribution in [0, 0.1) is 6.92 Å². The van der Waals surface area contributed by atoms with Gasteiger partial charge in [-0.25, -0.2) is 0 Å². The van der Waals surface area contributed by atoms with Gasteiger partial charge in [-0.15, -0.1) is 0 Å². The molecule has 0 amide bonds. The van der Waals surface area contributed by atoms with Crippen LogP contribution in [0.1, 0.15) is 5.56 Å². The molecule has 12 nitrogen and oxygen atoms in total. The van der Waals surface area contributed by atoms with Gasteiger partial charge in [0.2, 0.25) is 0 Å². The number of hydrogen-bond acceptors (Lipinski definition) is 8. The molecule has 1 rings (SSSR count). The van der Waals surface area contributed by atoms with Gasteiger partial charge in [-0.05, 0) is 6.92 Å². The highest BCUT2D eigenvalue weighted by atomic mass is 32.2. The molecule has 0 aliphatic carbocycles. The number of rotatable bonds is 0. The number of aryl methyl sites for hydroxylation is 1. The van der Waals surface area contributed by atoms with Crippen molar-refractivity contribution in [1.82, 2.24) is 0 Å². The maximum Gasteiger partial charge on any atom is 0.522 e. The van der Waals surface area contributed by atoms with Crippen LogP contribution in [0.4, 0.5) is 52.7 Å². The molecule has 1 aromatic carbocycles. The van der Waals surface area contributed by atoms with Crippen molar-refractivity contribution in [1.29, 1.82) is 0 Å². The first kappa shape index (κ1) is 44.1. The Labute approximate surface area is 210 Å². The van der Waals surface area contributed by atoms with Gasteiger partial charge >= 0.3 is 62.5 Å². The summed E-state index contributed by atoms with van der Waals surface area (Å²) in [6, 6.07) is 10.3. The molecule has 4 N–H and O–H groups in total. The minimum absolute atomic E-state index is 1.32. The van der Waals surface area contributed by atoms with E-state index in [1.807, 2.05) is 18.2 Å². The first-order chi connectivity index (χ1) is 16.4. The molecule has 0 aliphatic heterocycles. The van der Waals surface area contributed by atoms with Crippen molar-refractivity contribution in [2.45, 2.75) is 29.0 Å². The number of halogens is 12. The van der Waals surface area contributed by atoms with E-state index >= 15 is 0 Å². The Morgan fingerprint density at radius 1 is 0.436 bits per heavy atom. The quantitative estimate of drug-likeness (QED) is 0.174. The Hall–Kier alpha value is -1.98. The summed E-state index contributed by atoms with van der Waals surface area (Å²) >= 11 is 0. The molecule has 0 atom stereocenters. The highest BCUT2D eigenvalue weighted by Crippen LogP contribution is 2.22. The molecule has 0 aromatic heterocycles. The molecular weight excluding hydrogens is 680 g/mol. The molecule has 0 heterocycles. The summed E-state index contributed by atoms with van der Waals surface area (Å²) in [6.45, 7) is 2.08. The summed E-state index contributed by atoms with van der Waals surface area (Å²) in [6.07, 6.45) is 0. The Morgan fingerprint density at radius 3 is 0.615 bits per heavy atom. The molecule has 0 aliphatic rings. The van der Waals surface area contributed by atoms with Gasteiger partial charge in [-0.3, -0.25) is 18.2 Å². The second kappa shape index (κ2) is 15.1. The van der Waals surface area contributed by atoms with Crippen LogP contribution in [0.25, 0.3) is 0 Å². The second-order valence-electron chi connectivity index (χ2n) is 5.34. The van der Waals surface area contributed by atoms with Crippen molar-refractivity contribution in [2.24, 2.45) is 0 Å². The van der Waals surface area contributed by atoms with E-state index < -0.39 is 62.5 Å². The van der Waals surface area contributed by atoms with Gasteiger partial charge in [0.25, 0.3) is 0 Å². The number of alkyl halides is 12. The van der Waals surface area contributed by atoms with Crippen molar-refractivity contribution in [3.63, 3.8) is 0 Å². The predicted octanol–water partition coefficient (Wildman–Crippen LogP) is 3.57. The van der Waals surface area contributed by atoms with E-state index in [0.29, 0.717) is 0 Å². The molecule has 39 heavy (non-hydrogen) atoms. The summed E-state index contributed by atoms with van der Waals surface area (Å²) in [5, 5.41) is 0. The van der Waals surface area contributed by atoms with Crippen LogP contribution >= 0.6 is 0 Å². The van der Waals surface area contributed by atoms with Gasteiger partial charge in [0.1, 0.15) is 0 Å². The Kier molecular flexibility index (Phi) is 17.1. The average Bonchev–Trinajstić information content (AvgIpc) is 2.57. The van der Waals surface area contributed by atoms with Gasteiger partial charge in [0.05, 0.1) is 0 Å². The zero-order valence-corrected chi connectivity index (χ0v) is 20.9. The first-order valence-electron chi connectivity index (χ1n) is 7.56. The fourth-order valence-corrected chi connectivity index (χ4v) is 0.534. The molecular formula is C11H12F12O12S4. The van der Waals surface area contributed by atoms with Gasteiger partial charge in [0.15, 0.2) is 0 Å². The molecule has 28 heteroatoms. The van der Waals surface area contributed by atoms with Crippen LogP contribution in [0.3, 0.4) is 0 Å². The maximum absolute atomic E-state index is 10.7. The number of benzene rings is 1. The van der Waals surface area contributed by atoms with Gasteiger partial charge < -0.3 is 0 Å². The van der Waals surface area contributed by atoms with E-state index in [0.717, 1.165) is 0 Å². The van der Waals surface area contributed by atoms with Crippen molar-refractivity contribution in [3.8, 4) is 0 Å². The smallest absolute Gasteiger partial charge is 0.279 e. The maximum atomic E-state index is 10.7. The molecule has 0 bridgehead atoms. The van der Waals surface area contributed by atoms with E-state index in [9.17, 15) is 52.7 Å². The third kappa shape index (κ3) is 23.6. The predicted molar refractivity (Wildman–Crippen MR) is 102 cm³/mol. The summed E-state index contributed by atoms with van der Waals surface area (Å²) < 4.78 is 230. The lowest BCUT2D eigenvalue weighted by Gasteiger charge is -1.97. The monoisotopic (exact) mass is 692 g/mol. The van der Waals surface area contributed by atoms with Crippen LogP contribution in [0.5, 0.6) is 0 Å². The van der Waals surface area contributed by atoms with Crippen molar-refractivity contribution < 1.29 is 105 Å². The zero-order chi connectivity index (χ0) is 33.1. The molecule has 0 spiro atoms. The molecule has 0 radical (unpaired) electrons. The van der Waals surface area contributed by atoms with Crippen LogP contribution in [-0.2, 0) is 40.5 Å². The lowest BCUT2D eigenvalue weighted by molar-refractivity contribution is -0.0514. The van der Waals surface area contributed by atoms with Crippen LogP contribution < -0.4 is 0 Å². The topological polar surface area (TPSA) is 217 Å². The molecule has 0 fully saturated rings. The van der Waals surface area contributed by atoms with Crippen molar-refractivity contribution in [3.05, 3.63) is 35.9 Å². The van der Waals surface area contributed by atoms with Crippen LogP contribution in [-0.4, -0.2) is 73.9 Å². The normalized spacial score (nSPS) is 13.1. The van der Waals surface area contributed by atoms with Gasteiger partial charge in [0, 0.05) is 0 Å². The zero-order valence-electron chi connectivity index (χ0n) is 17.6. The Morgan fingerprint density at radius 2 is 0.564 bits per heavy atom. The fraction of sp³-hybridized carbons (Fsp3) is 0.455. The summed E-state index contributed by atoms with van der Waals surface area (Å²) in [5.41, 5.74) is -20.8. The minimum atomic E-state index is -5.84. The van der Waals surface area contributed by atoms with Crippen molar-refractivity contribution in [2.75, 3.05) is 0 Å². The van der Waals surface area contributed by atoms with Gasteiger partial charge in [-0.2, -0.15) is 86.4 Å². The van der Waals surface area contributed by atoms with E-state index in [1.54, 1.807) is 0 Å². The second-order valence-corrected chi connectivity index (χ2v) is 11.0.